The third kappa shape index (κ3) is 3.22. The number of carbonyl (C=O) groups is 2. The standard InChI is InChI=1S/C23H22O3/c1-15-6-10-17(11-7-15)18-12-8-16(9-13-18)14-21-22(24)19-4-2-3-5-20(19)23(25)26-21/h2-7,10-11,14,16,18H,8-9,12-13H2,1H3/b21-14-/t16-,18-. The van der Waals surface area contributed by atoms with Crippen LogP contribution in [-0.4, -0.2) is 11.8 Å². The van der Waals surface area contributed by atoms with E-state index in [-0.39, 0.29) is 17.5 Å². The van der Waals surface area contributed by atoms with Gasteiger partial charge in [-0.1, -0.05) is 48.0 Å². The summed E-state index contributed by atoms with van der Waals surface area (Å²) in [6.45, 7) is 2.10. The Labute approximate surface area is 153 Å². The highest BCUT2D eigenvalue weighted by molar-refractivity contribution is 6.17. The van der Waals surface area contributed by atoms with Crippen molar-refractivity contribution >= 4 is 11.8 Å². The minimum atomic E-state index is -0.431. The number of hydrogen-bond acceptors (Lipinski definition) is 3. The van der Waals surface area contributed by atoms with Gasteiger partial charge in [0.1, 0.15) is 0 Å². The van der Waals surface area contributed by atoms with Gasteiger partial charge in [-0.05, 0) is 62.1 Å². The number of carbonyl (C=O) groups excluding carboxylic acids is 2. The molecule has 0 spiro atoms. The third-order valence-corrected chi connectivity index (χ3v) is 5.53. The van der Waals surface area contributed by atoms with Crippen LogP contribution < -0.4 is 0 Å². The van der Waals surface area contributed by atoms with Crippen molar-refractivity contribution < 1.29 is 14.3 Å². The molecule has 132 valence electrons. The van der Waals surface area contributed by atoms with Crippen LogP contribution in [0.4, 0.5) is 0 Å². The number of ketones is 1. The molecule has 4 rings (SSSR count). The number of hydrogen-bond donors (Lipinski definition) is 0. The molecule has 0 N–H and O–H groups in total. The van der Waals surface area contributed by atoms with E-state index >= 15 is 0 Å². The van der Waals surface area contributed by atoms with Gasteiger partial charge in [-0.3, -0.25) is 4.79 Å². The second-order valence-corrected chi connectivity index (χ2v) is 7.32. The summed E-state index contributed by atoms with van der Waals surface area (Å²) in [4.78, 5) is 24.7. The van der Waals surface area contributed by atoms with Gasteiger partial charge in [-0.2, -0.15) is 0 Å². The molecule has 0 unspecified atom stereocenters. The number of aryl methyl sites for hydroxylation is 1. The summed E-state index contributed by atoms with van der Waals surface area (Å²) in [7, 11) is 0. The van der Waals surface area contributed by atoms with Crippen molar-refractivity contribution in [3.8, 4) is 0 Å². The highest BCUT2D eigenvalue weighted by atomic mass is 16.5. The zero-order chi connectivity index (χ0) is 18.1. The third-order valence-electron chi connectivity index (χ3n) is 5.53. The molecule has 26 heavy (non-hydrogen) atoms. The zero-order valence-corrected chi connectivity index (χ0v) is 14.9. The number of cyclic esters (lactones) is 1. The molecule has 2 aromatic carbocycles. The van der Waals surface area contributed by atoms with Crippen molar-refractivity contribution in [1.29, 1.82) is 0 Å². The van der Waals surface area contributed by atoms with Crippen LogP contribution in [0, 0.1) is 12.8 Å². The van der Waals surface area contributed by atoms with E-state index in [1.165, 1.54) is 11.1 Å². The van der Waals surface area contributed by atoms with E-state index in [1.807, 2.05) is 6.08 Å². The number of benzene rings is 2. The number of ether oxygens (including phenoxy) is 1. The van der Waals surface area contributed by atoms with Gasteiger partial charge in [0.2, 0.25) is 5.78 Å². The lowest BCUT2D eigenvalue weighted by Crippen LogP contribution is -2.23. The maximum atomic E-state index is 12.6. The van der Waals surface area contributed by atoms with Gasteiger partial charge in [0.05, 0.1) is 5.56 Å². The maximum absolute atomic E-state index is 12.6. The molecule has 1 aliphatic heterocycles. The molecular weight excluding hydrogens is 324 g/mol. The van der Waals surface area contributed by atoms with E-state index in [2.05, 4.69) is 31.2 Å². The summed E-state index contributed by atoms with van der Waals surface area (Å²) in [5.74, 6) is 0.456. The molecule has 0 saturated heterocycles. The number of allylic oxidation sites excluding steroid dienone is 2. The highest BCUT2D eigenvalue weighted by Gasteiger charge is 2.31. The Morgan fingerprint density at radius 2 is 1.54 bits per heavy atom. The van der Waals surface area contributed by atoms with Crippen LogP contribution in [0.25, 0.3) is 0 Å². The number of rotatable bonds is 2. The summed E-state index contributed by atoms with van der Waals surface area (Å²) in [5.41, 5.74) is 3.49. The second-order valence-electron chi connectivity index (χ2n) is 7.32. The molecule has 0 bridgehead atoms. The normalized spacial score (nSPS) is 24.3. The van der Waals surface area contributed by atoms with Crippen molar-refractivity contribution in [3.05, 3.63) is 82.6 Å². The van der Waals surface area contributed by atoms with Crippen molar-refractivity contribution in [2.75, 3.05) is 0 Å². The van der Waals surface area contributed by atoms with Gasteiger partial charge in [0.25, 0.3) is 0 Å². The predicted octanol–water partition coefficient (Wildman–Crippen LogP) is 5.21. The Morgan fingerprint density at radius 1 is 0.885 bits per heavy atom. The van der Waals surface area contributed by atoms with E-state index in [0.717, 1.165) is 25.7 Å². The Bertz CT molecular complexity index is 869. The molecule has 0 atom stereocenters. The van der Waals surface area contributed by atoms with E-state index in [4.69, 9.17) is 4.74 Å². The first kappa shape index (κ1) is 16.8. The minimum absolute atomic E-state index is 0.180. The van der Waals surface area contributed by atoms with E-state index in [0.29, 0.717) is 17.0 Å². The van der Waals surface area contributed by atoms with Crippen molar-refractivity contribution in [2.24, 2.45) is 5.92 Å². The zero-order valence-electron chi connectivity index (χ0n) is 14.9. The smallest absolute Gasteiger partial charge is 0.344 e. The van der Waals surface area contributed by atoms with Gasteiger partial charge >= 0.3 is 5.97 Å². The van der Waals surface area contributed by atoms with Crippen LogP contribution in [0.15, 0.2) is 60.4 Å². The van der Waals surface area contributed by atoms with Gasteiger partial charge in [-0.25, -0.2) is 4.79 Å². The first-order valence-electron chi connectivity index (χ1n) is 9.26. The van der Waals surface area contributed by atoms with Gasteiger partial charge in [0.15, 0.2) is 5.76 Å². The summed E-state index contributed by atoms with van der Waals surface area (Å²) in [6, 6.07) is 15.6. The van der Waals surface area contributed by atoms with Crippen LogP contribution in [0.1, 0.15) is 63.4 Å². The highest BCUT2D eigenvalue weighted by Crippen LogP contribution is 2.37. The van der Waals surface area contributed by atoms with Crippen molar-refractivity contribution in [1.82, 2.24) is 0 Å². The summed E-state index contributed by atoms with van der Waals surface area (Å²) >= 11 is 0. The Hall–Kier alpha value is -2.68. The predicted molar refractivity (Wildman–Crippen MR) is 100 cm³/mol. The molecule has 3 nitrogen and oxygen atoms in total. The summed E-state index contributed by atoms with van der Waals surface area (Å²) < 4.78 is 5.33. The van der Waals surface area contributed by atoms with E-state index < -0.39 is 5.97 Å². The largest absolute Gasteiger partial charge is 0.419 e. The fourth-order valence-electron chi connectivity index (χ4n) is 3.97. The molecule has 1 saturated carbocycles. The topological polar surface area (TPSA) is 43.4 Å². The molecule has 0 amide bonds. The molecule has 1 heterocycles. The quantitative estimate of drug-likeness (QED) is 0.554. The molecule has 1 aliphatic carbocycles. The second kappa shape index (κ2) is 6.91. The minimum Gasteiger partial charge on any atom is -0.419 e. The monoisotopic (exact) mass is 346 g/mol. The number of esters is 1. The molecule has 0 aromatic heterocycles. The Balaban J connectivity index is 1.46. The SMILES string of the molecule is Cc1ccc([C@H]2CC[C@H](/C=C3\OC(=O)c4ccccc4C3=O)CC2)cc1. The average Bonchev–Trinajstić information content (AvgIpc) is 2.67. The fourth-order valence-corrected chi connectivity index (χ4v) is 3.97. The van der Waals surface area contributed by atoms with Crippen LogP contribution in [-0.2, 0) is 4.74 Å². The average molecular weight is 346 g/mol. The van der Waals surface area contributed by atoms with Gasteiger partial charge in [-0.15, -0.1) is 0 Å². The molecule has 2 aromatic rings. The van der Waals surface area contributed by atoms with Crippen molar-refractivity contribution in [2.45, 2.75) is 38.5 Å². The molecule has 1 fully saturated rings. The first-order valence-corrected chi connectivity index (χ1v) is 9.26. The fraction of sp³-hybridized carbons (Fsp3) is 0.304. The Kier molecular flexibility index (Phi) is 4.46. The van der Waals surface area contributed by atoms with Crippen LogP contribution >= 0.6 is 0 Å². The maximum Gasteiger partial charge on any atom is 0.344 e. The van der Waals surface area contributed by atoms with Crippen LogP contribution in [0.2, 0.25) is 0 Å². The van der Waals surface area contributed by atoms with Crippen molar-refractivity contribution in [3.63, 3.8) is 0 Å². The van der Waals surface area contributed by atoms with Crippen LogP contribution in [0.5, 0.6) is 0 Å². The van der Waals surface area contributed by atoms with Gasteiger partial charge in [0, 0.05) is 5.56 Å². The summed E-state index contributed by atoms with van der Waals surface area (Å²) in [6.07, 6.45) is 6.08. The first-order chi connectivity index (χ1) is 12.6. The van der Waals surface area contributed by atoms with Gasteiger partial charge < -0.3 is 4.74 Å². The molecule has 2 aliphatic rings. The molecule has 3 heteroatoms. The lowest BCUT2D eigenvalue weighted by molar-refractivity contribution is 0.0559. The number of Topliss-reactive ketones (excluding diaryl/α,β-unsaturated/α-hetero) is 1. The van der Waals surface area contributed by atoms with E-state index in [1.54, 1.807) is 24.3 Å². The summed E-state index contributed by atoms with van der Waals surface area (Å²) in [5, 5.41) is 0. The molecule has 0 radical (unpaired) electrons. The van der Waals surface area contributed by atoms with Crippen LogP contribution in [0.3, 0.4) is 0 Å². The molecular formula is C23H22O3. The Morgan fingerprint density at radius 3 is 2.23 bits per heavy atom. The lowest BCUT2D eigenvalue weighted by Gasteiger charge is -2.28. The lowest BCUT2D eigenvalue weighted by atomic mass is 9.78. The number of fused-ring (bicyclic) bond motifs is 1. The van der Waals surface area contributed by atoms with E-state index in [9.17, 15) is 9.59 Å².